The molecule has 1 atom stereocenters. The Labute approximate surface area is 106 Å². The van der Waals surface area contributed by atoms with Gasteiger partial charge < -0.3 is 5.11 Å². The van der Waals surface area contributed by atoms with Crippen molar-refractivity contribution in [3.63, 3.8) is 0 Å². The molecule has 0 saturated heterocycles. The first kappa shape index (κ1) is 12.5. The highest BCUT2D eigenvalue weighted by molar-refractivity contribution is 8.00. The van der Waals surface area contributed by atoms with E-state index in [1.165, 1.54) is 42.2 Å². The van der Waals surface area contributed by atoms with E-state index >= 15 is 0 Å². The minimum absolute atomic E-state index is 0.323. The highest BCUT2D eigenvalue weighted by atomic mass is 32.2. The SMILES string of the molecule is CCC(Sc1ccc2c(c1)CCCC2)C(=O)O. The van der Waals surface area contributed by atoms with Crippen molar-refractivity contribution in [3.05, 3.63) is 29.3 Å². The number of rotatable bonds is 4. The predicted molar refractivity (Wildman–Crippen MR) is 70.7 cm³/mol. The first-order chi connectivity index (χ1) is 8.20. The van der Waals surface area contributed by atoms with E-state index < -0.39 is 5.97 Å². The van der Waals surface area contributed by atoms with Gasteiger partial charge in [0.05, 0.1) is 0 Å². The third kappa shape index (κ3) is 3.03. The number of benzene rings is 1. The molecule has 0 aromatic heterocycles. The number of aryl methyl sites for hydroxylation is 2. The van der Waals surface area contributed by atoms with Crippen LogP contribution in [0.5, 0.6) is 0 Å². The lowest BCUT2D eigenvalue weighted by atomic mass is 9.92. The van der Waals surface area contributed by atoms with Gasteiger partial charge in [-0.25, -0.2) is 0 Å². The number of hydrogen-bond acceptors (Lipinski definition) is 2. The molecular weight excluding hydrogens is 232 g/mol. The summed E-state index contributed by atoms with van der Waals surface area (Å²) in [7, 11) is 0. The summed E-state index contributed by atoms with van der Waals surface area (Å²) >= 11 is 1.47. The van der Waals surface area contributed by atoms with E-state index in [9.17, 15) is 4.79 Å². The van der Waals surface area contributed by atoms with E-state index in [0.717, 1.165) is 11.3 Å². The molecule has 1 aromatic carbocycles. The van der Waals surface area contributed by atoms with Crippen molar-refractivity contribution in [2.75, 3.05) is 0 Å². The molecule has 0 aliphatic heterocycles. The molecule has 0 amide bonds. The molecule has 2 nitrogen and oxygen atoms in total. The molecule has 17 heavy (non-hydrogen) atoms. The van der Waals surface area contributed by atoms with E-state index in [-0.39, 0.29) is 5.25 Å². The number of aliphatic carboxylic acids is 1. The van der Waals surface area contributed by atoms with Crippen LogP contribution in [0.15, 0.2) is 23.1 Å². The number of carboxylic acid groups (broad SMARTS) is 1. The van der Waals surface area contributed by atoms with Gasteiger partial charge in [-0.15, -0.1) is 11.8 Å². The molecule has 92 valence electrons. The normalized spacial score (nSPS) is 16.3. The molecule has 1 unspecified atom stereocenters. The summed E-state index contributed by atoms with van der Waals surface area (Å²) in [4.78, 5) is 12.1. The summed E-state index contributed by atoms with van der Waals surface area (Å²) in [5.74, 6) is -0.713. The first-order valence-electron chi connectivity index (χ1n) is 6.22. The maximum atomic E-state index is 11.0. The fourth-order valence-electron chi connectivity index (χ4n) is 2.26. The van der Waals surface area contributed by atoms with Crippen LogP contribution in [0.1, 0.15) is 37.3 Å². The summed E-state index contributed by atoms with van der Waals surface area (Å²) in [5.41, 5.74) is 2.87. The van der Waals surface area contributed by atoms with Gasteiger partial charge >= 0.3 is 5.97 Å². The second kappa shape index (κ2) is 5.58. The van der Waals surface area contributed by atoms with Crippen molar-refractivity contribution in [1.29, 1.82) is 0 Å². The summed E-state index contributed by atoms with van der Waals surface area (Å²) < 4.78 is 0. The molecule has 2 rings (SSSR count). The fraction of sp³-hybridized carbons (Fsp3) is 0.500. The van der Waals surface area contributed by atoms with E-state index in [1.54, 1.807) is 0 Å². The Kier molecular flexibility index (Phi) is 4.11. The maximum Gasteiger partial charge on any atom is 0.316 e. The molecule has 1 aliphatic rings. The lowest BCUT2D eigenvalue weighted by Crippen LogP contribution is -2.14. The Bertz CT molecular complexity index is 415. The molecule has 1 aromatic rings. The summed E-state index contributed by atoms with van der Waals surface area (Å²) in [6, 6.07) is 6.43. The van der Waals surface area contributed by atoms with Gasteiger partial charge in [0.1, 0.15) is 5.25 Å². The number of carboxylic acids is 1. The largest absolute Gasteiger partial charge is 0.480 e. The van der Waals surface area contributed by atoms with Gasteiger partial charge in [-0.05, 0) is 55.4 Å². The van der Waals surface area contributed by atoms with Crippen LogP contribution >= 0.6 is 11.8 Å². The maximum absolute atomic E-state index is 11.0. The molecule has 0 heterocycles. The van der Waals surface area contributed by atoms with Crippen LogP contribution in [0.3, 0.4) is 0 Å². The lowest BCUT2D eigenvalue weighted by molar-refractivity contribution is -0.136. The Morgan fingerprint density at radius 2 is 2.06 bits per heavy atom. The van der Waals surface area contributed by atoms with Crippen LogP contribution in [0.2, 0.25) is 0 Å². The number of fused-ring (bicyclic) bond motifs is 1. The van der Waals surface area contributed by atoms with Crippen LogP contribution in [0.4, 0.5) is 0 Å². The smallest absolute Gasteiger partial charge is 0.316 e. The van der Waals surface area contributed by atoms with Gasteiger partial charge in [0, 0.05) is 4.90 Å². The van der Waals surface area contributed by atoms with Crippen LogP contribution in [0.25, 0.3) is 0 Å². The quantitative estimate of drug-likeness (QED) is 0.831. The van der Waals surface area contributed by atoms with Gasteiger partial charge in [-0.2, -0.15) is 0 Å². The Balaban J connectivity index is 2.14. The van der Waals surface area contributed by atoms with Crippen molar-refractivity contribution >= 4 is 17.7 Å². The zero-order valence-corrected chi connectivity index (χ0v) is 10.9. The van der Waals surface area contributed by atoms with Crippen molar-refractivity contribution in [1.82, 2.24) is 0 Å². The third-order valence-electron chi connectivity index (χ3n) is 3.24. The molecule has 3 heteroatoms. The Hall–Kier alpha value is -0.960. The van der Waals surface area contributed by atoms with Gasteiger partial charge in [0.25, 0.3) is 0 Å². The molecule has 0 spiro atoms. The van der Waals surface area contributed by atoms with E-state index in [2.05, 4.69) is 18.2 Å². The molecule has 0 radical (unpaired) electrons. The fourth-order valence-corrected chi connectivity index (χ4v) is 3.21. The van der Waals surface area contributed by atoms with Crippen molar-refractivity contribution in [2.24, 2.45) is 0 Å². The molecule has 0 fully saturated rings. The highest BCUT2D eigenvalue weighted by Crippen LogP contribution is 2.30. The van der Waals surface area contributed by atoms with Crippen LogP contribution < -0.4 is 0 Å². The summed E-state index contributed by atoms with van der Waals surface area (Å²) in [5, 5.41) is 8.73. The van der Waals surface area contributed by atoms with Crippen LogP contribution in [-0.4, -0.2) is 16.3 Å². The molecule has 1 N–H and O–H groups in total. The zero-order valence-electron chi connectivity index (χ0n) is 10.1. The van der Waals surface area contributed by atoms with Crippen molar-refractivity contribution in [3.8, 4) is 0 Å². The van der Waals surface area contributed by atoms with Gasteiger partial charge in [-0.1, -0.05) is 13.0 Å². The van der Waals surface area contributed by atoms with E-state index in [4.69, 9.17) is 5.11 Å². The monoisotopic (exact) mass is 250 g/mol. The topological polar surface area (TPSA) is 37.3 Å². The average molecular weight is 250 g/mol. The van der Waals surface area contributed by atoms with Gasteiger partial charge in [-0.3, -0.25) is 4.79 Å². The minimum Gasteiger partial charge on any atom is -0.480 e. The molecule has 1 aliphatic carbocycles. The zero-order chi connectivity index (χ0) is 12.3. The standard InChI is InChI=1S/C14H18O2S/c1-2-13(14(15)16)17-12-8-7-10-5-3-4-6-11(10)9-12/h7-9,13H,2-6H2,1H3,(H,15,16). The van der Waals surface area contributed by atoms with Gasteiger partial charge in [0.2, 0.25) is 0 Å². The van der Waals surface area contributed by atoms with Crippen LogP contribution in [0, 0.1) is 0 Å². The van der Waals surface area contributed by atoms with E-state index in [1.807, 2.05) is 6.92 Å². The summed E-state index contributed by atoms with van der Waals surface area (Å²) in [6.07, 6.45) is 5.53. The van der Waals surface area contributed by atoms with Crippen LogP contribution in [-0.2, 0) is 17.6 Å². The first-order valence-corrected chi connectivity index (χ1v) is 7.10. The number of carbonyl (C=O) groups is 1. The van der Waals surface area contributed by atoms with E-state index in [0.29, 0.717) is 6.42 Å². The highest BCUT2D eigenvalue weighted by Gasteiger charge is 2.17. The minimum atomic E-state index is -0.713. The lowest BCUT2D eigenvalue weighted by Gasteiger charge is -2.17. The third-order valence-corrected chi connectivity index (χ3v) is 4.59. The average Bonchev–Trinajstić information content (AvgIpc) is 2.35. The second-order valence-corrected chi connectivity index (χ2v) is 5.77. The van der Waals surface area contributed by atoms with Crippen molar-refractivity contribution in [2.45, 2.75) is 49.2 Å². The predicted octanol–water partition coefficient (Wildman–Crippen LogP) is 3.52. The second-order valence-electron chi connectivity index (χ2n) is 4.49. The molecule has 0 saturated carbocycles. The number of thioether (sulfide) groups is 1. The van der Waals surface area contributed by atoms with Crippen molar-refractivity contribution < 1.29 is 9.90 Å². The number of hydrogen-bond donors (Lipinski definition) is 1. The molecule has 0 bridgehead atoms. The Morgan fingerprint density at radius 1 is 1.35 bits per heavy atom. The Morgan fingerprint density at radius 3 is 2.71 bits per heavy atom. The van der Waals surface area contributed by atoms with Gasteiger partial charge in [0.15, 0.2) is 0 Å². The summed E-state index contributed by atoms with van der Waals surface area (Å²) in [6.45, 7) is 1.92. The molecular formula is C14H18O2S.